The van der Waals surface area contributed by atoms with Crippen LogP contribution in [-0.4, -0.2) is 39.4 Å². The maximum atomic E-state index is 5.97. The number of nitrogens with zero attached hydrogens (tertiary/aromatic N) is 2. The van der Waals surface area contributed by atoms with Gasteiger partial charge in [0.05, 0.1) is 6.61 Å². The van der Waals surface area contributed by atoms with Crippen molar-refractivity contribution in [1.29, 1.82) is 0 Å². The van der Waals surface area contributed by atoms with Gasteiger partial charge in [-0.05, 0) is 38.2 Å². The molecule has 148 valence electrons. The SMILES string of the molecule is CCCCOc1ncccn1.CO[Si](OC)(C1CCCC1)C1CCCC1. The Labute approximate surface area is 160 Å². The molecule has 0 N–H and O–H groups in total. The Bertz CT molecular complexity index is 455. The summed E-state index contributed by atoms with van der Waals surface area (Å²) in [5, 5.41) is 0. The molecule has 0 amide bonds. The summed E-state index contributed by atoms with van der Waals surface area (Å²) < 4.78 is 17.2. The molecule has 0 spiro atoms. The van der Waals surface area contributed by atoms with E-state index in [2.05, 4.69) is 16.9 Å². The number of hydrogen-bond donors (Lipinski definition) is 0. The molecule has 26 heavy (non-hydrogen) atoms. The molecule has 2 fully saturated rings. The fraction of sp³-hybridized carbons (Fsp3) is 0.800. The van der Waals surface area contributed by atoms with E-state index in [1.807, 2.05) is 14.2 Å². The van der Waals surface area contributed by atoms with Crippen molar-refractivity contribution in [3.63, 3.8) is 0 Å². The van der Waals surface area contributed by atoms with Crippen LogP contribution in [0.2, 0.25) is 11.1 Å². The standard InChI is InChI=1S/C12H24O2Si.C8H12N2O/c1-13-15(14-2,11-7-3-4-8-11)12-9-5-6-10-12;1-2-3-7-11-8-9-5-4-6-10-8/h11-12H,3-10H2,1-2H3;4-6H,2-3,7H2,1H3. The van der Waals surface area contributed by atoms with Crippen LogP contribution in [0.1, 0.15) is 71.1 Å². The normalized spacial score (nSPS) is 18.6. The Balaban J connectivity index is 0.000000197. The van der Waals surface area contributed by atoms with Gasteiger partial charge in [0.15, 0.2) is 0 Å². The van der Waals surface area contributed by atoms with Crippen molar-refractivity contribution in [1.82, 2.24) is 9.97 Å². The largest absolute Gasteiger partial charge is 0.463 e. The van der Waals surface area contributed by atoms with E-state index in [-0.39, 0.29) is 0 Å². The van der Waals surface area contributed by atoms with Gasteiger partial charge in [-0.2, -0.15) is 0 Å². The van der Waals surface area contributed by atoms with Crippen molar-refractivity contribution in [3.05, 3.63) is 18.5 Å². The Kier molecular flexibility index (Phi) is 9.57. The molecule has 1 heterocycles. The van der Waals surface area contributed by atoms with Gasteiger partial charge in [0, 0.05) is 37.7 Å². The maximum absolute atomic E-state index is 5.97. The van der Waals surface area contributed by atoms with Crippen LogP contribution >= 0.6 is 0 Å². The summed E-state index contributed by atoms with van der Waals surface area (Å²) in [7, 11) is 1.91. The quantitative estimate of drug-likeness (QED) is 0.454. The first-order valence-electron chi connectivity index (χ1n) is 10.3. The van der Waals surface area contributed by atoms with E-state index >= 15 is 0 Å². The number of rotatable bonds is 8. The zero-order valence-corrected chi connectivity index (χ0v) is 17.8. The first-order chi connectivity index (χ1) is 12.8. The fourth-order valence-electron chi connectivity index (χ4n) is 4.41. The highest BCUT2D eigenvalue weighted by atomic mass is 28.4. The third-order valence-electron chi connectivity index (χ3n) is 5.76. The summed E-state index contributed by atoms with van der Waals surface area (Å²) in [5.41, 5.74) is 1.55. The summed E-state index contributed by atoms with van der Waals surface area (Å²) in [6.07, 6.45) is 16.5. The lowest BCUT2D eigenvalue weighted by Crippen LogP contribution is -2.48. The van der Waals surface area contributed by atoms with E-state index in [0.29, 0.717) is 12.6 Å². The molecule has 0 aliphatic heterocycles. The van der Waals surface area contributed by atoms with E-state index in [9.17, 15) is 0 Å². The average Bonchev–Trinajstić information content (AvgIpc) is 3.40. The second-order valence-corrected chi connectivity index (χ2v) is 11.2. The summed E-state index contributed by atoms with van der Waals surface area (Å²) in [6, 6.07) is 2.24. The van der Waals surface area contributed by atoms with Crippen molar-refractivity contribution < 1.29 is 13.6 Å². The summed E-state index contributed by atoms with van der Waals surface area (Å²) >= 11 is 0. The van der Waals surface area contributed by atoms with E-state index in [1.54, 1.807) is 18.5 Å². The number of aromatic nitrogens is 2. The van der Waals surface area contributed by atoms with E-state index in [0.717, 1.165) is 23.9 Å². The smallest absolute Gasteiger partial charge is 0.344 e. The van der Waals surface area contributed by atoms with Crippen LogP contribution in [0.4, 0.5) is 0 Å². The third kappa shape index (κ3) is 5.76. The molecular weight excluding hydrogens is 344 g/mol. The van der Waals surface area contributed by atoms with Crippen molar-refractivity contribution >= 4 is 8.56 Å². The zero-order valence-electron chi connectivity index (χ0n) is 16.8. The van der Waals surface area contributed by atoms with Crippen LogP contribution in [0.5, 0.6) is 6.01 Å². The monoisotopic (exact) mass is 380 g/mol. The molecule has 2 aliphatic carbocycles. The summed E-state index contributed by atoms with van der Waals surface area (Å²) in [5.74, 6) is 0. The van der Waals surface area contributed by atoms with Gasteiger partial charge >= 0.3 is 14.6 Å². The van der Waals surface area contributed by atoms with Gasteiger partial charge in [0.2, 0.25) is 0 Å². The van der Waals surface area contributed by atoms with Gasteiger partial charge in [-0.15, -0.1) is 0 Å². The summed E-state index contributed by atoms with van der Waals surface area (Å²) in [6.45, 7) is 2.83. The van der Waals surface area contributed by atoms with Gasteiger partial charge in [-0.25, -0.2) is 9.97 Å². The van der Waals surface area contributed by atoms with Gasteiger partial charge in [0.1, 0.15) is 0 Å². The van der Waals surface area contributed by atoms with Crippen molar-refractivity contribution in [2.45, 2.75) is 82.2 Å². The van der Waals surface area contributed by atoms with Crippen LogP contribution in [0, 0.1) is 0 Å². The van der Waals surface area contributed by atoms with E-state index < -0.39 is 8.56 Å². The molecule has 6 heteroatoms. The lowest BCUT2D eigenvalue weighted by Gasteiger charge is -2.37. The Morgan fingerprint density at radius 3 is 1.85 bits per heavy atom. The molecule has 0 unspecified atom stereocenters. The van der Waals surface area contributed by atoms with Crippen molar-refractivity contribution in [2.75, 3.05) is 20.8 Å². The van der Waals surface area contributed by atoms with Crippen molar-refractivity contribution in [2.24, 2.45) is 0 Å². The number of hydrogen-bond acceptors (Lipinski definition) is 5. The molecule has 1 aromatic heterocycles. The minimum absolute atomic E-state index is 0.473. The average molecular weight is 381 g/mol. The summed E-state index contributed by atoms with van der Waals surface area (Å²) in [4.78, 5) is 7.83. The molecule has 5 nitrogen and oxygen atoms in total. The second kappa shape index (κ2) is 11.7. The van der Waals surface area contributed by atoms with Crippen LogP contribution in [0.15, 0.2) is 18.5 Å². The molecule has 0 atom stereocenters. The molecule has 0 saturated heterocycles. The predicted octanol–water partition coefficient (Wildman–Crippen LogP) is 5.27. The van der Waals surface area contributed by atoms with Gasteiger partial charge in [0.25, 0.3) is 0 Å². The van der Waals surface area contributed by atoms with Gasteiger partial charge in [-0.1, -0.05) is 39.0 Å². The molecule has 1 aromatic rings. The van der Waals surface area contributed by atoms with E-state index in [4.69, 9.17) is 13.6 Å². The van der Waals surface area contributed by atoms with Gasteiger partial charge in [-0.3, -0.25) is 0 Å². The fourth-order valence-corrected chi connectivity index (χ4v) is 9.00. The molecule has 0 radical (unpaired) electrons. The molecule has 3 rings (SSSR count). The topological polar surface area (TPSA) is 53.5 Å². The minimum atomic E-state index is -1.88. The lowest BCUT2D eigenvalue weighted by molar-refractivity contribution is 0.214. The van der Waals surface area contributed by atoms with E-state index in [1.165, 1.54) is 51.4 Å². The Morgan fingerprint density at radius 2 is 1.42 bits per heavy atom. The van der Waals surface area contributed by atoms with Crippen molar-refractivity contribution in [3.8, 4) is 6.01 Å². The van der Waals surface area contributed by atoms with Crippen LogP contribution in [0.3, 0.4) is 0 Å². The van der Waals surface area contributed by atoms with Crippen LogP contribution in [0.25, 0.3) is 0 Å². The highest BCUT2D eigenvalue weighted by molar-refractivity contribution is 6.70. The molecular formula is C20H36N2O3Si. The third-order valence-corrected chi connectivity index (χ3v) is 10.5. The predicted molar refractivity (Wildman–Crippen MR) is 107 cm³/mol. The first kappa shape index (κ1) is 21.3. The van der Waals surface area contributed by atoms with Crippen LogP contribution in [-0.2, 0) is 8.85 Å². The number of unbranched alkanes of at least 4 members (excludes halogenated alkanes) is 1. The minimum Gasteiger partial charge on any atom is -0.463 e. The first-order valence-corrected chi connectivity index (χ1v) is 12.2. The number of ether oxygens (including phenoxy) is 1. The Hall–Kier alpha value is -0.983. The molecule has 0 bridgehead atoms. The molecule has 2 aliphatic rings. The molecule has 2 saturated carbocycles. The second-order valence-electron chi connectivity index (χ2n) is 7.33. The Morgan fingerprint density at radius 1 is 0.923 bits per heavy atom. The zero-order chi connectivity index (χ0) is 18.7. The lowest BCUT2D eigenvalue weighted by atomic mass is 10.3. The highest BCUT2D eigenvalue weighted by Crippen LogP contribution is 2.50. The molecule has 0 aromatic carbocycles. The van der Waals surface area contributed by atoms with Gasteiger partial charge < -0.3 is 13.6 Å². The maximum Gasteiger partial charge on any atom is 0.344 e. The highest BCUT2D eigenvalue weighted by Gasteiger charge is 2.52. The van der Waals surface area contributed by atoms with Crippen LogP contribution < -0.4 is 4.74 Å².